The quantitative estimate of drug-likeness (QED) is 0.597. The van der Waals surface area contributed by atoms with Gasteiger partial charge in [-0.3, -0.25) is 14.4 Å². The molecular weight excluding hydrogens is 346 g/mol. The summed E-state index contributed by atoms with van der Waals surface area (Å²) in [5.74, 6) is -3.11. The van der Waals surface area contributed by atoms with Crippen LogP contribution >= 0.6 is 0 Å². The molecule has 1 fully saturated rings. The average molecular weight is 367 g/mol. The minimum atomic E-state index is -0.949. The highest BCUT2D eigenvalue weighted by Gasteiger charge is 2.53. The van der Waals surface area contributed by atoms with Crippen molar-refractivity contribution in [3.8, 4) is 0 Å². The van der Waals surface area contributed by atoms with Crippen molar-refractivity contribution in [2.75, 3.05) is 25.7 Å². The van der Waals surface area contributed by atoms with Gasteiger partial charge < -0.3 is 14.4 Å². The molecule has 1 saturated heterocycles. The molecule has 0 amide bonds. The third-order valence-corrected chi connectivity index (χ3v) is 4.89. The molecule has 0 aromatic heterocycles. The first-order valence-electron chi connectivity index (χ1n) is 8.65. The summed E-state index contributed by atoms with van der Waals surface area (Å²) >= 11 is 0. The SMILES string of the molecule is COC(=O)[C@@H]1C(C(=O)c2ccccc2)N(c2ccccc2)C[C@H]1C(=O)OC. The molecule has 27 heavy (non-hydrogen) atoms. The second-order valence-electron chi connectivity index (χ2n) is 6.34. The lowest BCUT2D eigenvalue weighted by molar-refractivity contribution is -0.155. The summed E-state index contributed by atoms with van der Waals surface area (Å²) in [4.78, 5) is 40.0. The van der Waals surface area contributed by atoms with Crippen LogP contribution in [0.1, 0.15) is 10.4 Å². The monoisotopic (exact) mass is 367 g/mol. The molecule has 0 spiro atoms. The van der Waals surface area contributed by atoms with Crippen LogP contribution in [0.25, 0.3) is 0 Å². The van der Waals surface area contributed by atoms with Gasteiger partial charge in [-0.1, -0.05) is 48.5 Å². The predicted molar refractivity (Wildman–Crippen MR) is 99.4 cm³/mol. The largest absolute Gasteiger partial charge is 0.469 e. The Labute approximate surface area is 157 Å². The topological polar surface area (TPSA) is 72.9 Å². The Balaban J connectivity index is 2.09. The van der Waals surface area contributed by atoms with Crippen molar-refractivity contribution in [1.29, 1.82) is 0 Å². The van der Waals surface area contributed by atoms with Gasteiger partial charge in [-0.15, -0.1) is 0 Å². The Hall–Kier alpha value is -3.15. The van der Waals surface area contributed by atoms with E-state index in [0.717, 1.165) is 5.69 Å². The number of carbonyl (C=O) groups excluding carboxylic acids is 3. The smallest absolute Gasteiger partial charge is 0.312 e. The van der Waals surface area contributed by atoms with Gasteiger partial charge in [0.15, 0.2) is 5.78 Å². The van der Waals surface area contributed by atoms with Crippen molar-refractivity contribution in [2.24, 2.45) is 11.8 Å². The van der Waals surface area contributed by atoms with Gasteiger partial charge in [0, 0.05) is 17.8 Å². The third-order valence-electron chi connectivity index (χ3n) is 4.89. The summed E-state index contributed by atoms with van der Waals surface area (Å²) in [6.45, 7) is 0.194. The zero-order valence-electron chi connectivity index (χ0n) is 15.2. The van der Waals surface area contributed by atoms with E-state index in [1.807, 2.05) is 36.4 Å². The number of ether oxygens (including phenoxy) is 2. The van der Waals surface area contributed by atoms with Crippen LogP contribution in [-0.4, -0.2) is 44.5 Å². The van der Waals surface area contributed by atoms with Gasteiger partial charge in [0.25, 0.3) is 0 Å². The first-order chi connectivity index (χ1) is 13.1. The van der Waals surface area contributed by atoms with Crippen LogP contribution in [0.5, 0.6) is 0 Å². The van der Waals surface area contributed by atoms with E-state index in [1.165, 1.54) is 14.2 Å². The number of Topliss-reactive ketones (excluding diaryl/α,β-unsaturated/α-hetero) is 1. The zero-order valence-corrected chi connectivity index (χ0v) is 15.2. The molecule has 3 rings (SSSR count). The maximum absolute atomic E-state index is 13.3. The van der Waals surface area contributed by atoms with Gasteiger partial charge in [0.1, 0.15) is 6.04 Å². The second-order valence-corrected chi connectivity index (χ2v) is 6.34. The van der Waals surface area contributed by atoms with Crippen LogP contribution in [0.15, 0.2) is 60.7 Å². The van der Waals surface area contributed by atoms with Crippen LogP contribution in [0, 0.1) is 11.8 Å². The van der Waals surface area contributed by atoms with Gasteiger partial charge in [0.05, 0.1) is 26.1 Å². The van der Waals surface area contributed by atoms with Crippen molar-refractivity contribution in [3.05, 3.63) is 66.2 Å². The van der Waals surface area contributed by atoms with Gasteiger partial charge in [0.2, 0.25) is 0 Å². The molecule has 2 aromatic carbocycles. The Morgan fingerprint density at radius 1 is 0.852 bits per heavy atom. The Bertz CT molecular complexity index is 821. The third kappa shape index (κ3) is 3.56. The van der Waals surface area contributed by atoms with E-state index in [0.29, 0.717) is 5.56 Å². The molecule has 0 bridgehead atoms. The second kappa shape index (κ2) is 8.03. The molecule has 1 heterocycles. The molecule has 1 aliphatic rings. The number of methoxy groups -OCH3 is 2. The minimum Gasteiger partial charge on any atom is -0.469 e. The lowest BCUT2D eigenvalue weighted by Crippen LogP contribution is -2.43. The molecule has 0 saturated carbocycles. The minimum absolute atomic E-state index is 0.194. The molecule has 6 heteroatoms. The number of nitrogens with zero attached hydrogens (tertiary/aromatic N) is 1. The number of benzene rings is 2. The number of hydrogen-bond donors (Lipinski definition) is 0. The highest BCUT2D eigenvalue weighted by atomic mass is 16.5. The molecule has 2 aromatic rings. The van der Waals surface area contributed by atoms with E-state index >= 15 is 0 Å². The normalized spacial score (nSPS) is 21.6. The maximum atomic E-state index is 13.3. The number of hydrogen-bond acceptors (Lipinski definition) is 6. The highest BCUT2D eigenvalue weighted by molar-refractivity contribution is 6.06. The molecule has 0 aliphatic carbocycles. The summed E-state index contributed by atoms with van der Waals surface area (Å²) in [5.41, 5.74) is 1.23. The fourth-order valence-corrected chi connectivity index (χ4v) is 3.62. The fraction of sp³-hybridized carbons (Fsp3) is 0.286. The standard InChI is InChI=1S/C21H21NO5/c1-26-20(24)16-13-22(15-11-7-4-8-12-15)18(17(16)21(25)27-2)19(23)14-9-5-3-6-10-14/h3-12,16-18H,13H2,1-2H3/t16-,17+,18?/m1/s1. The Morgan fingerprint density at radius 2 is 1.41 bits per heavy atom. The van der Waals surface area contributed by atoms with Gasteiger partial charge in [-0.25, -0.2) is 0 Å². The van der Waals surface area contributed by atoms with Crippen LogP contribution in [0.4, 0.5) is 5.69 Å². The first-order valence-corrected chi connectivity index (χ1v) is 8.65. The molecule has 0 N–H and O–H groups in total. The van der Waals surface area contributed by atoms with Crippen molar-refractivity contribution < 1.29 is 23.9 Å². The Morgan fingerprint density at radius 3 is 1.96 bits per heavy atom. The lowest BCUT2D eigenvalue weighted by Gasteiger charge is -2.28. The van der Waals surface area contributed by atoms with Gasteiger partial charge in [-0.2, -0.15) is 0 Å². The highest BCUT2D eigenvalue weighted by Crippen LogP contribution is 2.37. The van der Waals surface area contributed by atoms with Crippen LogP contribution in [0.3, 0.4) is 0 Å². The molecule has 1 unspecified atom stereocenters. The van der Waals surface area contributed by atoms with E-state index in [-0.39, 0.29) is 12.3 Å². The van der Waals surface area contributed by atoms with E-state index < -0.39 is 29.8 Å². The fourth-order valence-electron chi connectivity index (χ4n) is 3.62. The van der Waals surface area contributed by atoms with Crippen molar-refractivity contribution >= 4 is 23.4 Å². The number of esters is 2. The Kier molecular flexibility index (Phi) is 5.54. The van der Waals surface area contributed by atoms with E-state index in [9.17, 15) is 14.4 Å². The van der Waals surface area contributed by atoms with Crippen molar-refractivity contribution in [1.82, 2.24) is 0 Å². The molecule has 0 radical (unpaired) electrons. The number of anilines is 1. The van der Waals surface area contributed by atoms with Gasteiger partial charge >= 0.3 is 11.9 Å². The van der Waals surface area contributed by atoms with Crippen LogP contribution in [0.2, 0.25) is 0 Å². The summed E-state index contributed by atoms with van der Waals surface area (Å²) in [6, 6.07) is 17.1. The summed E-state index contributed by atoms with van der Waals surface area (Å²) in [7, 11) is 2.53. The lowest BCUT2D eigenvalue weighted by atomic mass is 9.86. The number of ketones is 1. The number of para-hydroxylation sites is 1. The number of carbonyl (C=O) groups is 3. The molecule has 140 valence electrons. The van der Waals surface area contributed by atoms with Gasteiger partial charge in [-0.05, 0) is 12.1 Å². The predicted octanol–water partition coefficient (Wildman–Crippen LogP) is 2.34. The van der Waals surface area contributed by atoms with E-state index in [4.69, 9.17) is 9.47 Å². The molecule has 1 aliphatic heterocycles. The summed E-state index contributed by atoms with van der Waals surface area (Å²) < 4.78 is 9.83. The maximum Gasteiger partial charge on any atom is 0.312 e. The molecule has 6 nitrogen and oxygen atoms in total. The zero-order chi connectivity index (χ0) is 19.4. The van der Waals surface area contributed by atoms with Crippen LogP contribution < -0.4 is 4.90 Å². The summed E-state index contributed by atoms with van der Waals surface area (Å²) in [5, 5.41) is 0. The van der Waals surface area contributed by atoms with Crippen molar-refractivity contribution in [3.63, 3.8) is 0 Å². The van der Waals surface area contributed by atoms with E-state index in [2.05, 4.69) is 0 Å². The first kappa shape index (κ1) is 18.6. The molecule has 3 atom stereocenters. The number of rotatable bonds is 5. The van der Waals surface area contributed by atoms with Crippen LogP contribution in [-0.2, 0) is 19.1 Å². The van der Waals surface area contributed by atoms with E-state index in [1.54, 1.807) is 29.2 Å². The van der Waals surface area contributed by atoms with Crippen molar-refractivity contribution in [2.45, 2.75) is 6.04 Å². The average Bonchev–Trinajstić information content (AvgIpc) is 3.14. The molecular formula is C21H21NO5. The summed E-state index contributed by atoms with van der Waals surface area (Å²) in [6.07, 6.45) is 0.